The van der Waals surface area contributed by atoms with E-state index in [0.717, 1.165) is 24.4 Å². The van der Waals surface area contributed by atoms with Crippen LogP contribution < -0.4 is 10.7 Å². The van der Waals surface area contributed by atoms with Crippen LogP contribution in [-0.4, -0.2) is 23.0 Å². The number of benzene rings is 2. The Kier molecular flexibility index (Phi) is 6.42. The maximum absolute atomic E-state index is 12.6. The van der Waals surface area contributed by atoms with Crippen molar-refractivity contribution in [3.8, 4) is 0 Å². The maximum Gasteiger partial charge on any atom is 0.416 e. The average molecular weight is 394 g/mol. The Balaban J connectivity index is 1.88. The number of halogens is 3. The van der Waals surface area contributed by atoms with Crippen LogP contribution in [0.1, 0.15) is 17.5 Å². The van der Waals surface area contributed by atoms with Gasteiger partial charge in [0, 0.05) is 23.4 Å². The average Bonchev–Trinajstić information content (AvgIpc) is 2.61. The van der Waals surface area contributed by atoms with Crippen LogP contribution in [0, 0.1) is 10.1 Å². The highest BCUT2D eigenvalue weighted by Crippen LogP contribution is 2.30. The fraction of sp³-hybridized carbons (Fsp3) is 0.118. The summed E-state index contributed by atoms with van der Waals surface area (Å²) in [6.45, 7) is 0. The van der Waals surface area contributed by atoms with Gasteiger partial charge in [-0.05, 0) is 18.2 Å². The summed E-state index contributed by atoms with van der Waals surface area (Å²) in [7, 11) is 0. The highest BCUT2D eigenvalue weighted by Gasteiger charge is 2.30. The number of hydrogen-bond acceptors (Lipinski definition) is 5. The summed E-state index contributed by atoms with van der Waals surface area (Å²) in [5.41, 5.74) is 1.21. The fourth-order valence-electron chi connectivity index (χ4n) is 2.06. The quantitative estimate of drug-likeness (QED) is 0.339. The van der Waals surface area contributed by atoms with Gasteiger partial charge < -0.3 is 5.32 Å². The minimum atomic E-state index is -4.56. The second-order valence-electron chi connectivity index (χ2n) is 5.45. The summed E-state index contributed by atoms with van der Waals surface area (Å²) in [6.07, 6.45) is -4.09. The lowest BCUT2D eigenvalue weighted by Crippen LogP contribution is -2.24. The van der Waals surface area contributed by atoms with Crippen LogP contribution >= 0.6 is 0 Å². The number of amides is 2. The maximum atomic E-state index is 12.6. The lowest BCUT2D eigenvalue weighted by Gasteiger charge is -2.09. The van der Waals surface area contributed by atoms with Gasteiger partial charge in [-0.3, -0.25) is 19.7 Å². The molecule has 0 aliphatic heterocycles. The number of alkyl halides is 3. The normalized spacial score (nSPS) is 11.2. The molecule has 0 unspecified atom stereocenters. The number of carbonyl (C=O) groups excluding carboxylic acids is 2. The van der Waals surface area contributed by atoms with Crippen molar-refractivity contribution in [1.29, 1.82) is 0 Å². The van der Waals surface area contributed by atoms with Gasteiger partial charge in [0.25, 0.3) is 5.69 Å². The molecule has 0 saturated heterocycles. The van der Waals surface area contributed by atoms with Crippen molar-refractivity contribution in [2.45, 2.75) is 12.6 Å². The molecule has 0 radical (unpaired) electrons. The number of hydrogen-bond donors (Lipinski definition) is 2. The van der Waals surface area contributed by atoms with Crippen LogP contribution in [0.5, 0.6) is 0 Å². The number of nitrogens with zero attached hydrogens (tertiary/aromatic N) is 2. The lowest BCUT2D eigenvalue weighted by molar-refractivity contribution is -0.384. The van der Waals surface area contributed by atoms with E-state index in [1.54, 1.807) is 0 Å². The van der Waals surface area contributed by atoms with E-state index in [1.807, 2.05) is 0 Å². The molecule has 2 N–H and O–H groups in total. The summed E-state index contributed by atoms with van der Waals surface area (Å²) >= 11 is 0. The molecule has 2 aromatic carbocycles. The number of non-ortho nitro benzene ring substituents is 1. The molecule has 2 aromatic rings. The van der Waals surface area contributed by atoms with Crippen molar-refractivity contribution in [2.75, 3.05) is 5.32 Å². The third-order valence-electron chi connectivity index (χ3n) is 3.28. The molecule has 2 rings (SSSR count). The molecule has 0 spiro atoms. The van der Waals surface area contributed by atoms with Gasteiger partial charge in [-0.15, -0.1) is 0 Å². The van der Waals surface area contributed by atoms with E-state index in [-0.39, 0.29) is 11.4 Å². The molecule has 8 nitrogen and oxygen atoms in total. The first-order chi connectivity index (χ1) is 13.1. The van der Waals surface area contributed by atoms with E-state index in [0.29, 0.717) is 5.56 Å². The smallest absolute Gasteiger partial charge is 0.326 e. The summed E-state index contributed by atoms with van der Waals surface area (Å²) < 4.78 is 37.9. The Morgan fingerprint density at radius 2 is 1.82 bits per heavy atom. The number of anilines is 1. The summed E-state index contributed by atoms with van der Waals surface area (Å²) in [5, 5.41) is 16.4. The van der Waals surface area contributed by atoms with Crippen molar-refractivity contribution in [3.05, 3.63) is 69.8 Å². The zero-order chi connectivity index (χ0) is 20.7. The minimum absolute atomic E-state index is 0.104. The van der Waals surface area contributed by atoms with Gasteiger partial charge in [0.2, 0.25) is 11.8 Å². The molecule has 0 aromatic heterocycles. The van der Waals surface area contributed by atoms with Crippen molar-refractivity contribution in [1.82, 2.24) is 5.43 Å². The number of carbonyl (C=O) groups is 2. The Bertz CT molecular complexity index is 929. The molecule has 2 amide bonds. The molecule has 0 saturated carbocycles. The van der Waals surface area contributed by atoms with E-state index in [2.05, 4.69) is 15.8 Å². The van der Waals surface area contributed by atoms with Gasteiger partial charge in [-0.2, -0.15) is 18.3 Å². The van der Waals surface area contributed by atoms with Gasteiger partial charge >= 0.3 is 6.18 Å². The number of nitro groups is 1. The number of nitro benzene ring substituents is 1. The summed E-state index contributed by atoms with van der Waals surface area (Å²) in [5.74, 6) is -1.64. The molecule has 0 atom stereocenters. The zero-order valence-electron chi connectivity index (χ0n) is 14.1. The first-order valence-electron chi connectivity index (χ1n) is 7.68. The van der Waals surface area contributed by atoms with Crippen LogP contribution in [-0.2, 0) is 15.8 Å². The van der Waals surface area contributed by atoms with Gasteiger partial charge in [0.05, 0.1) is 16.7 Å². The van der Waals surface area contributed by atoms with Crippen LogP contribution in [0.15, 0.2) is 53.6 Å². The zero-order valence-corrected chi connectivity index (χ0v) is 14.1. The molecule has 28 heavy (non-hydrogen) atoms. The largest absolute Gasteiger partial charge is 0.416 e. The summed E-state index contributed by atoms with van der Waals surface area (Å²) in [4.78, 5) is 33.5. The second-order valence-corrected chi connectivity index (χ2v) is 5.45. The Hall–Kier alpha value is -3.76. The van der Waals surface area contributed by atoms with Gasteiger partial charge in [0.15, 0.2) is 0 Å². The van der Waals surface area contributed by atoms with E-state index in [1.165, 1.54) is 30.3 Å². The lowest BCUT2D eigenvalue weighted by atomic mass is 10.2. The number of hydrazone groups is 1. The highest BCUT2D eigenvalue weighted by molar-refractivity contribution is 6.03. The highest BCUT2D eigenvalue weighted by atomic mass is 19.4. The van der Waals surface area contributed by atoms with Crippen LogP contribution in [0.3, 0.4) is 0 Å². The first-order valence-corrected chi connectivity index (χ1v) is 7.68. The van der Waals surface area contributed by atoms with E-state index < -0.39 is 34.9 Å². The van der Waals surface area contributed by atoms with Crippen LogP contribution in [0.4, 0.5) is 24.5 Å². The standard InChI is InChI=1S/C17H13F3N4O4/c18-17(19,20)12-4-2-5-13(8-12)22-15(25)9-16(26)23-21-10-11-3-1-6-14(7-11)24(27)28/h1-8,10H,9H2,(H,22,25)(H,23,26). The van der Waals surface area contributed by atoms with E-state index in [4.69, 9.17) is 0 Å². The number of nitrogens with one attached hydrogen (secondary N) is 2. The van der Waals surface area contributed by atoms with Crippen molar-refractivity contribution in [3.63, 3.8) is 0 Å². The van der Waals surface area contributed by atoms with E-state index in [9.17, 15) is 32.9 Å². The van der Waals surface area contributed by atoms with Crippen molar-refractivity contribution >= 4 is 29.4 Å². The summed E-state index contributed by atoms with van der Waals surface area (Å²) in [6, 6.07) is 9.45. The molecule has 0 fully saturated rings. The minimum Gasteiger partial charge on any atom is -0.326 e. The van der Waals surface area contributed by atoms with Crippen LogP contribution in [0.25, 0.3) is 0 Å². The predicted octanol–water partition coefficient (Wildman–Crippen LogP) is 3.09. The molecule has 0 bridgehead atoms. The van der Waals surface area contributed by atoms with Crippen LogP contribution in [0.2, 0.25) is 0 Å². The fourth-order valence-corrected chi connectivity index (χ4v) is 2.06. The Labute approximate surface area is 156 Å². The molecule has 11 heteroatoms. The van der Waals surface area contributed by atoms with Gasteiger partial charge in [-0.1, -0.05) is 18.2 Å². The molecule has 146 valence electrons. The van der Waals surface area contributed by atoms with Crippen molar-refractivity contribution in [2.24, 2.45) is 5.10 Å². The Morgan fingerprint density at radius 3 is 2.50 bits per heavy atom. The SMILES string of the molecule is O=C(CC(=O)Nc1cccc(C(F)(F)F)c1)NN=Cc1cccc([N+](=O)[O-])c1. The molecule has 0 aliphatic carbocycles. The monoisotopic (exact) mass is 394 g/mol. The molecular weight excluding hydrogens is 381 g/mol. The topological polar surface area (TPSA) is 114 Å². The number of rotatable bonds is 6. The molecular formula is C17H13F3N4O4. The third-order valence-corrected chi connectivity index (χ3v) is 3.28. The molecule has 0 aliphatic rings. The second kappa shape index (κ2) is 8.75. The Morgan fingerprint density at radius 1 is 1.11 bits per heavy atom. The van der Waals surface area contributed by atoms with Gasteiger partial charge in [0.1, 0.15) is 6.42 Å². The first kappa shape index (κ1) is 20.6. The molecule has 0 heterocycles. The van der Waals surface area contributed by atoms with Crippen molar-refractivity contribution < 1.29 is 27.7 Å². The van der Waals surface area contributed by atoms with Gasteiger partial charge in [-0.25, -0.2) is 5.43 Å². The third kappa shape index (κ3) is 6.20. The predicted molar refractivity (Wildman–Crippen MR) is 93.5 cm³/mol. The van der Waals surface area contributed by atoms with E-state index >= 15 is 0 Å².